The molecule has 4 nitrogen and oxygen atoms in total. The van der Waals surface area contributed by atoms with Crippen molar-refractivity contribution >= 4 is 10.9 Å². The first-order chi connectivity index (χ1) is 7.69. The number of hydrogen-bond acceptors (Lipinski definition) is 3. The summed E-state index contributed by atoms with van der Waals surface area (Å²) in [7, 11) is 4.85. The molecule has 84 valence electrons. The van der Waals surface area contributed by atoms with E-state index in [0.717, 1.165) is 10.9 Å². The van der Waals surface area contributed by atoms with E-state index in [9.17, 15) is 4.79 Å². The van der Waals surface area contributed by atoms with Crippen LogP contribution in [0.25, 0.3) is 10.9 Å². The molecule has 0 bridgehead atoms. The van der Waals surface area contributed by atoms with Crippen LogP contribution < -0.4 is 15.0 Å². The zero-order chi connectivity index (χ0) is 11.7. The van der Waals surface area contributed by atoms with Gasteiger partial charge in [-0.1, -0.05) is 0 Å². The second-order valence-corrected chi connectivity index (χ2v) is 3.47. The lowest BCUT2D eigenvalue weighted by molar-refractivity contribution is 0.357. The second kappa shape index (κ2) is 3.89. The third-order valence-corrected chi connectivity index (χ3v) is 2.62. The number of fused-ring (bicyclic) bond motifs is 1. The summed E-state index contributed by atoms with van der Waals surface area (Å²) in [6, 6.07) is 7.04. The van der Waals surface area contributed by atoms with Crippen LogP contribution >= 0.6 is 0 Å². The fraction of sp³-hybridized carbons (Fsp3) is 0.250. The van der Waals surface area contributed by atoms with Gasteiger partial charge in [0.25, 0.3) is 5.56 Å². The van der Waals surface area contributed by atoms with Crippen LogP contribution in [-0.2, 0) is 7.05 Å². The van der Waals surface area contributed by atoms with Gasteiger partial charge < -0.3 is 14.0 Å². The van der Waals surface area contributed by atoms with Crippen molar-refractivity contribution in [1.82, 2.24) is 4.57 Å². The first kappa shape index (κ1) is 10.5. The van der Waals surface area contributed by atoms with Crippen LogP contribution in [0, 0.1) is 0 Å². The van der Waals surface area contributed by atoms with Crippen molar-refractivity contribution in [2.75, 3.05) is 14.2 Å². The lowest BCUT2D eigenvalue weighted by atomic mass is 10.2. The molecule has 2 aromatic rings. The van der Waals surface area contributed by atoms with Crippen LogP contribution in [0.4, 0.5) is 0 Å². The van der Waals surface area contributed by atoms with Gasteiger partial charge in [-0.15, -0.1) is 0 Å². The standard InChI is InChI=1S/C12H13NO3/c1-13-10(14)7-5-8-4-6-9(15-2)12(16-3)11(8)13/h4-7H,1-3H3. The summed E-state index contributed by atoms with van der Waals surface area (Å²) in [6.45, 7) is 0. The predicted octanol–water partition coefficient (Wildman–Crippen LogP) is 1.56. The first-order valence-electron chi connectivity index (χ1n) is 4.89. The molecular weight excluding hydrogens is 206 g/mol. The Hall–Kier alpha value is -1.97. The molecule has 0 amide bonds. The van der Waals surface area contributed by atoms with Gasteiger partial charge in [-0.25, -0.2) is 0 Å². The molecule has 16 heavy (non-hydrogen) atoms. The Morgan fingerprint density at radius 3 is 2.38 bits per heavy atom. The van der Waals surface area contributed by atoms with Gasteiger partial charge in [0.2, 0.25) is 0 Å². The van der Waals surface area contributed by atoms with Crippen molar-refractivity contribution in [2.24, 2.45) is 7.05 Å². The lowest BCUT2D eigenvalue weighted by Gasteiger charge is -2.12. The van der Waals surface area contributed by atoms with Crippen molar-refractivity contribution in [3.8, 4) is 11.5 Å². The number of benzene rings is 1. The molecule has 0 saturated carbocycles. The molecule has 0 aliphatic rings. The molecular formula is C12H13NO3. The zero-order valence-electron chi connectivity index (χ0n) is 9.48. The molecule has 1 aromatic heterocycles. The molecule has 0 saturated heterocycles. The number of aryl methyl sites for hydroxylation is 1. The van der Waals surface area contributed by atoms with E-state index >= 15 is 0 Å². The molecule has 0 fully saturated rings. The predicted molar refractivity (Wildman–Crippen MR) is 62.3 cm³/mol. The number of hydrogen-bond donors (Lipinski definition) is 0. The van der Waals surface area contributed by atoms with Gasteiger partial charge in [0.15, 0.2) is 11.5 Å². The largest absolute Gasteiger partial charge is 0.493 e. The van der Waals surface area contributed by atoms with Gasteiger partial charge in [0.05, 0.1) is 19.7 Å². The Bertz CT molecular complexity index is 587. The molecule has 0 radical (unpaired) electrons. The third kappa shape index (κ3) is 1.43. The monoisotopic (exact) mass is 219 g/mol. The minimum atomic E-state index is -0.0703. The van der Waals surface area contributed by atoms with Crippen molar-refractivity contribution in [2.45, 2.75) is 0 Å². The molecule has 0 aliphatic carbocycles. The topological polar surface area (TPSA) is 40.5 Å². The Morgan fingerprint density at radius 1 is 1.06 bits per heavy atom. The Labute approximate surface area is 93.0 Å². The molecule has 2 rings (SSSR count). The summed E-state index contributed by atoms with van der Waals surface area (Å²) >= 11 is 0. The fourth-order valence-corrected chi connectivity index (χ4v) is 1.79. The van der Waals surface area contributed by atoms with E-state index in [1.54, 1.807) is 31.9 Å². The highest BCUT2D eigenvalue weighted by Gasteiger charge is 2.11. The molecule has 1 aromatic carbocycles. The molecule has 1 heterocycles. The van der Waals surface area contributed by atoms with E-state index in [1.807, 2.05) is 12.1 Å². The highest BCUT2D eigenvalue weighted by atomic mass is 16.5. The normalized spacial score (nSPS) is 10.4. The molecule has 0 N–H and O–H groups in total. The third-order valence-electron chi connectivity index (χ3n) is 2.62. The molecule has 0 atom stereocenters. The van der Waals surface area contributed by atoms with E-state index < -0.39 is 0 Å². The smallest absolute Gasteiger partial charge is 0.250 e. The average Bonchev–Trinajstić information content (AvgIpc) is 2.32. The van der Waals surface area contributed by atoms with Crippen LogP contribution in [0.5, 0.6) is 11.5 Å². The van der Waals surface area contributed by atoms with Crippen molar-refractivity contribution in [3.05, 3.63) is 34.6 Å². The highest BCUT2D eigenvalue weighted by molar-refractivity contribution is 5.87. The van der Waals surface area contributed by atoms with Crippen LogP contribution in [-0.4, -0.2) is 18.8 Å². The SMILES string of the molecule is COc1ccc2ccc(=O)n(C)c2c1OC. The molecule has 0 spiro atoms. The van der Waals surface area contributed by atoms with Crippen molar-refractivity contribution in [3.63, 3.8) is 0 Å². The van der Waals surface area contributed by atoms with Gasteiger partial charge in [-0.2, -0.15) is 0 Å². The minimum absolute atomic E-state index is 0.0703. The van der Waals surface area contributed by atoms with E-state index in [-0.39, 0.29) is 5.56 Å². The Balaban J connectivity index is 2.95. The van der Waals surface area contributed by atoms with Crippen LogP contribution in [0.3, 0.4) is 0 Å². The fourth-order valence-electron chi connectivity index (χ4n) is 1.79. The highest BCUT2D eigenvalue weighted by Crippen LogP contribution is 2.33. The summed E-state index contributed by atoms with van der Waals surface area (Å²) in [5.74, 6) is 1.21. The average molecular weight is 219 g/mol. The van der Waals surface area contributed by atoms with Crippen LogP contribution in [0.15, 0.2) is 29.1 Å². The maximum absolute atomic E-state index is 11.6. The quantitative estimate of drug-likeness (QED) is 0.769. The van der Waals surface area contributed by atoms with Gasteiger partial charge in [-0.05, 0) is 18.2 Å². The maximum Gasteiger partial charge on any atom is 0.250 e. The Kier molecular flexibility index (Phi) is 2.56. The summed E-state index contributed by atoms with van der Waals surface area (Å²) in [5.41, 5.74) is 0.674. The number of ether oxygens (including phenoxy) is 2. The van der Waals surface area contributed by atoms with Crippen molar-refractivity contribution < 1.29 is 9.47 Å². The van der Waals surface area contributed by atoms with Crippen molar-refractivity contribution in [1.29, 1.82) is 0 Å². The molecule has 0 aliphatic heterocycles. The van der Waals surface area contributed by atoms with Crippen LogP contribution in [0.1, 0.15) is 0 Å². The van der Waals surface area contributed by atoms with E-state index in [0.29, 0.717) is 11.5 Å². The lowest BCUT2D eigenvalue weighted by Crippen LogP contribution is -2.15. The zero-order valence-corrected chi connectivity index (χ0v) is 9.48. The van der Waals surface area contributed by atoms with E-state index in [4.69, 9.17) is 9.47 Å². The maximum atomic E-state index is 11.6. The Morgan fingerprint density at radius 2 is 1.75 bits per heavy atom. The number of aromatic nitrogens is 1. The van der Waals surface area contributed by atoms with Gasteiger partial charge >= 0.3 is 0 Å². The summed E-state index contributed by atoms with van der Waals surface area (Å²) in [5, 5.41) is 0.944. The minimum Gasteiger partial charge on any atom is -0.493 e. The van der Waals surface area contributed by atoms with E-state index in [1.165, 1.54) is 6.07 Å². The molecule has 0 unspecified atom stereocenters. The summed E-state index contributed by atoms with van der Waals surface area (Å²) < 4.78 is 12.1. The summed E-state index contributed by atoms with van der Waals surface area (Å²) in [4.78, 5) is 11.6. The molecule has 4 heteroatoms. The number of pyridine rings is 1. The summed E-state index contributed by atoms with van der Waals surface area (Å²) in [6.07, 6.45) is 0. The van der Waals surface area contributed by atoms with E-state index in [2.05, 4.69) is 0 Å². The van der Waals surface area contributed by atoms with Gasteiger partial charge in [-0.3, -0.25) is 4.79 Å². The van der Waals surface area contributed by atoms with Crippen LogP contribution in [0.2, 0.25) is 0 Å². The first-order valence-corrected chi connectivity index (χ1v) is 4.89. The van der Waals surface area contributed by atoms with Gasteiger partial charge in [0.1, 0.15) is 0 Å². The van der Waals surface area contributed by atoms with Gasteiger partial charge in [0, 0.05) is 18.5 Å². The second-order valence-electron chi connectivity index (χ2n) is 3.47. The number of rotatable bonds is 2. The number of nitrogens with zero attached hydrogens (tertiary/aromatic N) is 1. The number of methoxy groups -OCH3 is 2.